The number of sulfonamides is 1. The number of rotatable bonds is 3. The third-order valence-electron chi connectivity index (χ3n) is 5.06. The zero-order valence-corrected chi connectivity index (χ0v) is 16.9. The lowest BCUT2D eigenvalue weighted by molar-refractivity contribution is -0.146. The molecule has 27 heavy (non-hydrogen) atoms. The number of morpholine rings is 1. The van der Waals surface area contributed by atoms with Crippen molar-refractivity contribution in [1.82, 2.24) is 18.0 Å². The summed E-state index contributed by atoms with van der Waals surface area (Å²) in [5, 5.41) is 0. The van der Waals surface area contributed by atoms with Gasteiger partial charge in [0.2, 0.25) is 15.9 Å². The van der Waals surface area contributed by atoms with Crippen LogP contribution in [0.3, 0.4) is 0 Å². The molecule has 2 aromatic rings. The summed E-state index contributed by atoms with van der Waals surface area (Å²) in [6.45, 7) is 5.16. The van der Waals surface area contributed by atoms with E-state index in [0.717, 1.165) is 11.7 Å². The van der Waals surface area contributed by atoms with Gasteiger partial charge in [-0.15, -0.1) is 0 Å². The monoisotopic (exact) mass is 410 g/mol. The van der Waals surface area contributed by atoms with Crippen LogP contribution in [0.4, 0.5) is 0 Å². The van der Waals surface area contributed by atoms with Crippen LogP contribution in [0.15, 0.2) is 23.1 Å². The molecule has 1 aromatic heterocycles. The SMILES string of the molecule is C[C@@H]1CN(C(=O)[C@H]2CCCN2S(=O)(=O)c2cccc3nsnc23)C[C@@H](C)O1. The molecule has 1 aromatic carbocycles. The van der Waals surface area contributed by atoms with Gasteiger partial charge in [-0.1, -0.05) is 6.07 Å². The van der Waals surface area contributed by atoms with Crippen molar-refractivity contribution in [1.29, 1.82) is 0 Å². The normalized spacial score (nSPS) is 27.3. The van der Waals surface area contributed by atoms with Gasteiger partial charge in [0, 0.05) is 19.6 Å². The lowest BCUT2D eigenvalue weighted by Crippen LogP contribution is -2.54. The Morgan fingerprint density at radius 3 is 2.70 bits per heavy atom. The van der Waals surface area contributed by atoms with Crippen molar-refractivity contribution in [3.05, 3.63) is 18.2 Å². The van der Waals surface area contributed by atoms with Gasteiger partial charge in [0.05, 0.1) is 23.9 Å². The maximum absolute atomic E-state index is 13.3. The highest BCUT2D eigenvalue weighted by Gasteiger charge is 2.43. The van der Waals surface area contributed by atoms with E-state index in [2.05, 4.69) is 8.75 Å². The first kappa shape index (κ1) is 18.7. The molecule has 0 saturated carbocycles. The predicted octanol–water partition coefficient (Wildman–Crippen LogP) is 1.48. The van der Waals surface area contributed by atoms with E-state index in [1.807, 2.05) is 13.8 Å². The highest BCUT2D eigenvalue weighted by Crippen LogP contribution is 2.31. The van der Waals surface area contributed by atoms with Crippen LogP contribution in [-0.4, -0.2) is 70.2 Å². The van der Waals surface area contributed by atoms with Crippen molar-refractivity contribution in [3.63, 3.8) is 0 Å². The van der Waals surface area contributed by atoms with Gasteiger partial charge in [0.1, 0.15) is 22.0 Å². The van der Waals surface area contributed by atoms with E-state index in [9.17, 15) is 13.2 Å². The van der Waals surface area contributed by atoms with Crippen molar-refractivity contribution >= 4 is 38.7 Å². The van der Waals surface area contributed by atoms with Crippen molar-refractivity contribution in [2.75, 3.05) is 19.6 Å². The van der Waals surface area contributed by atoms with E-state index in [1.54, 1.807) is 17.0 Å². The van der Waals surface area contributed by atoms with Gasteiger partial charge in [-0.25, -0.2) is 8.42 Å². The number of aromatic nitrogens is 2. The molecule has 0 radical (unpaired) electrons. The molecule has 10 heteroatoms. The number of nitrogens with zero attached hydrogens (tertiary/aromatic N) is 4. The number of carbonyl (C=O) groups is 1. The van der Waals surface area contributed by atoms with E-state index < -0.39 is 16.1 Å². The van der Waals surface area contributed by atoms with Crippen LogP contribution in [0.25, 0.3) is 11.0 Å². The third kappa shape index (κ3) is 3.35. The summed E-state index contributed by atoms with van der Waals surface area (Å²) < 4.78 is 42.0. The molecule has 0 unspecified atom stereocenters. The Hall–Kier alpha value is -1.62. The molecular formula is C17H22N4O4S2. The molecule has 1 amide bonds. The molecule has 8 nitrogen and oxygen atoms in total. The molecule has 4 rings (SSSR count). The smallest absolute Gasteiger partial charge is 0.246 e. The van der Waals surface area contributed by atoms with Crippen molar-refractivity contribution in [2.24, 2.45) is 0 Å². The molecular weight excluding hydrogens is 388 g/mol. The quantitative estimate of drug-likeness (QED) is 0.761. The van der Waals surface area contributed by atoms with Crippen LogP contribution in [0.1, 0.15) is 26.7 Å². The van der Waals surface area contributed by atoms with E-state index >= 15 is 0 Å². The zero-order valence-electron chi connectivity index (χ0n) is 15.2. The van der Waals surface area contributed by atoms with Gasteiger partial charge in [0.25, 0.3) is 0 Å². The standard InChI is InChI=1S/C17H22N4O4S2/c1-11-9-20(10-12(2)25-11)17(22)14-6-4-8-21(14)27(23,24)15-7-3-5-13-16(15)19-26-18-13/h3,5,7,11-12,14H,4,6,8-10H2,1-2H3/t11-,12-,14-/m1/s1. The maximum atomic E-state index is 13.3. The minimum Gasteiger partial charge on any atom is -0.372 e. The van der Waals surface area contributed by atoms with E-state index in [-0.39, 0.29) is 23.0 Å². The molecule has 0 bridgehead atoms. The molecule has 2 aliphatic heterocycles. The summed E-state index contributed by atoms with van der Waals surface area (Å²) in [6, 6.07) is 4.27. The Bertz CT molecular complexity index is 951. The molecule has 3 atom stereocenters. The summed E-state index contributed by atoms with van der Waals surface area (Å²) in [7, 11) is -3.84. The Morgan fingerprint density at radius 1 is 1.22 bits per heavy atom. The average molecular weight is 411 g/mol. The summed E-state index contributed by atoms with van der Waals surface area (Å²) >= 11 is 0.984. The van der Waals surface area contributed by atoms with Crippen molar-refractivity contribution in [3.8, 4) is 0 Å². The zero-order chi connectivity index (χ0) is 19.2. The molecule has 0 spiro atoms. The minimum atomic E-state index is -3.84. The van der Waals surface area contributed by atoms with Gasteiger partial charge in [0.15, 0.2) is 0 Å². The van der Waals surface area contributed by atoms with E-state index in [4.69, 9.17) is 4.74 Å². The van der Waals surface area contributed by atoms with Crippen LogP contribution >= 0.6 is 11.7 Å². The molecule has 2 aliphatic rings. The van der Waals surface area contributed by atoms with Crippen molar-refractivity contribution < 1.29 is 17.9 Å². The summed E-state index contributed by atoms with van der Waals surface area (Å²) in [4.78, 5) is 15.0. The number of hydrogen-bond acceptors (Lipinski definition) is 7. The van der Waals surface area contributed by atoms with Crippen LogP contribution in [0.2, 0.25) is 0 Å². The van der Waals surface area contributed by atoms with Crippen LogP contribution in [0, 0.1) is 0 Å². The second-order valence-electron chi connectivity index (χ2n) is 7.16. The number of fused-ring (bicyclic) bond motifs is 1. The fraction of sp³-hybridized carbons (Fsp3) is 0.588. The second-order valence-corrected chi connectivity index (χ2v) is 9.55. The fourth-order valence-corrected chi connectivity index (χ4v) is 6.36. The predicted molar refractivity (Wildman–Crippen MR) is 101 cm³/mol. The number of hydrogen-bond donors (Lipinski definition) is 0. The van der Waals surface area contributed by atoms with Crippen LogP contribution < -0.4 is 0 Å². The Kier molecular flexibility index (Phi) is 4.91. The highest BCUT2D eigenvalue weighted by molar-refractivity contribution is 7.89. The molecule has 2 saturated heterocycles. The number of benzene rings is 1. The van der Waals surface area contributed by atoms with Crippen molar-refractivity contribution in [2.45, 2.75) is 49.8 Å². The first-order valence-electron chi connectivity index (χ1n) is 9.05. The largest absolute Gasteiger partial charge is 0.372 e. The molecule has 2 fully saturated rings. The molecule has 3 heterocycles. The van der Waals surface area contributed by atoms with Crippen LogP contribution in [0.5, 0.6) is 0 Å². The summed E-state index contributed by atoms with van der Waals surface area (Å²) in [5.74, 6) is -0.137. The summed E-state index contributed by atoms with van der Waals surface area (Å²) in [6.07, 6.45) is 1.08. The van der Waals surface area contributed by atoms with E-state index in [0.29, 0.717) is 43.5 Å². The first-order valence-corrected chi connectivity index (χ1v) is 11.2. The molecule has 146 valence electrons. The van der Waals surface area contributed by atoms with Gasteiger partial charge < -0.3 is 9.64 Å². The lowest BCUT2D eigenvalue weighted by Gasteiger charge is -2.37. The molecule has 0 N–H and O–H groups in total. The number of ether oxygens (including phenoxy) is 1. The Balaban J connectivity index is 1.64. The fourth-order valence-electron chi connectivity index (χ4n) is 3.96. The lowest BCUT2D eigenvalue weighted by atomic mass is 10.1. The average Bonchev–Trinajstić information content (AvgIpc) is 3.29. The first-order chi connectivity index (χ1) is 12.9. The topological polar surface area (TPSA) is 92.7 Å². The van der Waals surface area contributed by atoms with Gasteiger partial charge >= 0.3 is 0 Å². The van der Waals surface area contributed by atoms with E-state index in [1.165, 1.54) is 10.4 Å². The highest BCUT2D eigenvalue weighted by atomic mass is 32.2. The Morgan fingerprint density at radius 2 is 1.96 bits per heavy atom. The Labute approximate surface area is 162 Å². The number of amides is 1. The van der Waals surface area contributed by atoms with Gasteiger partial charge in [-0.2, -0.15) is 13.1 Å². The minimum absolute atomic E-state index is 0.0565. The summed E-state index contributed by atoms with van der Waals surface area (Å²) in [5.41, 5.74) is 0.924. The molecule has 0 aliphatic carbocycles. The third-order valence-corrected chi connectivity index (χ3v) is 7.54. The van der Waals surface area contributed by atoms with Gasteiger partial charge in [-0.05, 0) is 38.8 Å². The van der Waals surface area contributed by atoms with Crippen LogP contribution in [-0.2, 0) is 19.6 Å². The second kappa shape index (κ2) is 7.08. The maximum Gasteiger partial charge on any atom is 0.246 e. The number of carbonyl (C=O) groups excluding carboxylic acids is 1. The van der Waals surface area contributed by atoms with Gasteiger partial charge in [-0.3, -0.25) is 4.79 Å².